The van der Waals surface area contributed by atoms with E-state index < -0.39 is 5.41 Å². The van der Waals surface area contributed by atoms with Crippen LogP contribution in [0.5, 0.6) is 0 Å². The fourth-order valence-electron chi connectivity index (χ4n) is 3.01. The fraction of sp³-hybridized carbons (Fsp3) is 0.222. The maximum Gasteiger partial charge on any atom is 0.178 e. The Kier molecular flexibility index (Phi) is 3.45. The van der Waals surface area contributed by atoms with Gasteiger partial charge in [0.05, 0.1) is 5.41 Å². The third-order valence-corrected chi connectivity index (χ3v) is 4.49. The first-order valence-corrected chi connectivity index (χ1v) is 7.35. The standard InChI is InChI=1S/C18H18N2O2/c19-14-8-3-1-6-12(14)16(21)18(10-5-11-18)17(22)13-7-2-4-9-15(13)20/h1-4,6-9H,5,10-11,19-20H2. The highest BCUT2D eigenvalue weighted by molar-refractivity contribution is 6.22. The molecule has 2 aromatic rings. The van der Waals surface area contributed by atoms with E-state index in [2.05, 4.69) is 0 Å². The summed E-state index contributed by atoms with van der Waals surface area (Å²) in [6, 6.07) is 13.8. The van der Waals surface area contributed by atoms with Crippen LogP contribution < -0.4 is 11.5 Å². The summed E-state index contributed by atoms with van der Waals surface area (Å²) in [5.41, 5.74) is 12.5. The summed E-state index contributed by atoms with van der Waals surface area (Å²) in [5, 5.41) is 0. The Morgan fingerprint density at radius 2 is 1.18 bits per heavy atom. The average molecular weight is 294 g/mol. The second-order valence-corrected chi connectivity index (χ2v) is 5.77. The lowest BCUT2D eigenvalue weighted by atomic mass is 9.60. The predicted octanol–water partition coefficient (Wildman–Crippen LogP) is 3.09. The van der Waals surface area contributed by atoms with Gasteiger partial charge in [0.1, 0.15) is 0 Å². The summed E-state index contributed by atoms with van der Waals surface area (Å²) < 4.78 is 0. The van der Waals surface area contributed by atoms with Gasteiger partial charge in [0.2, 0.25) is 0 Å². The van der Waals surface area contributed by atoms with E-state index >= 15 is 0 Å². The Hall–Kier alpha value is -2.62. The SMILES string of the molecule is Nc1ccccc1C(=O)C1(C(=O)c2ccccc2N)CCC1. The molecule has 0 aromatic heterocycles. The van der Waals surface area contributed by atoms with Crippen LogP contribution in [0.2, 0.25) is 0 Å². The van der Waals surface area contributed by atoms with E-state index in [0.717, 1.165) is 6.42 Å². The molecule has 3 rings (SSSR count). The van der Waals surface area contributed by atoms with E-state index in [9.17, 15) is 9.59 Å². The van der Waals surface area contributed by atoms with E-state index in [1.54, 1.807) is 48.5 Å². The highest BCUT2D eigenvalue weighted by Crippen LogP contribution is 2.47. The highest BCUT2D eigenvalue weighted by atomic mass is 16.2. The number of nitrogens with two attached hydrogens (primary N) is 2. The van der Waals surface area contributed by atoms with E-state index in [1.165, 1.54) is 0 Å². The van der Waals surface area contributed by atoms with Gasteiger partial charge >= 0.3 is 0 Å². The van der Waals surface area contributed by atoms with Crippen molar-refractivity contribution in [1.82, 2.24) is 0 Å². The molecule has 0 saturated heterocycles. The minimum Gasteiger partial charge on any atom is -0.398 e. The van der Waals surface area contributed by atoms with Crippen LogP contribution in [0.1, 0.15) is 40.0 Å². The van der Waals surface area contributed by atoms with Crippen molar-refractivity contribution in [2.75, 3.05) is 11.5 Å². The van der Waals surface area contributed by atoms with Gasteiger partial charge in [-0.1, -0.05) is 30.7 Å². The molecule has 4 N–H and O–H groups in total. The summed E-state index contributed by atoms with van der Waals surface area (Å²) in [5.74, 6) is -0.379. The summed E-state index contributed by atoms with van der Waals surface area (Å²) in [7, 11) is 0. The van der Waals surface area contributed by atoms with Gasteiger partial charge in [-0.15, -0.1) is 0 Å². The molecule has 0 atom stereocenters. The van der Waals surface area contributed by atoms with E-state index in [-0.39, 0.29) is 11.6 Å². The molecule has 0 spiro atoms. The van der Waals surface area contributed by atoms with Crippen LogP contribution in [0.3, 0.4) is 0 Å². The smallest absolute Gasteiger partial charge is 0.178 e. The van der Waals surface area contributed by atoms with Crippen LogP contribution in [0, 0.1) is 5.41 Å². The molecule has 22 heavy (non-hydrogen) atoms. The Bertz CT molecular complexity index is 689. The van der Waals surface area contributed by atoms with E-state index in [1.807, 2.05) is 0 Å². The zero-order valence-electron chi connectivity index (χ0n) is 12.2. The van der Waals surface area contributed by atoms with Gasteiger partial charge in [-0.05, 0) is 37.1 Å². The van der Waals surface area contributed by atoms with Crippen LogP contribution >= 0.6 is 0 Å². The third-order valence-electron chi connectivity index (χ3n) is 4.49. The number of hydrogen-bond acceptors (Lipinski definition) is 4. The molecule has 0 amide bonds. The second kappa shape index (κ2) is 5.30. The predicted molar refractivity (Wildman–Crippen MR) is 86.7 cm³/mol. The van der Waals surface area contributed by atoms with Crippen LogP contribution in [0.4, 0.5) is 11.4 Å². The van der Waals surface area contributed by atoms with Crippen LogP contribution in [0.25, 0.3) is 0 Å². The van der Waals surface area contributed by atoms with Gasteiger partial charge in [0, 0.05) is 22.5 Å². The molecule has 1 aliphatic carbocycles. The molecular formula is C18H18N2O2. The lowest BCUT2D eigenvalue weighted by Crippen LogP contribution is -2.45. The van der Waals surface area contributed by atoms with Crippen molar-refractivity contribution >= 4 is 22.9 Å². The highest BCUT2D eigenvalue weighted by Gasteiger charge is 2.51. The molecular weight excluding hydrogens is 276 g/mol. The maximum absolute atomic E-state index is 13.0. The number of rotatable bonds is 4. The number of anilines is 2. The molecule has 4 heteroatoms. The molecule has 1 fully saturated rings. The van der Waals surface area contributed by atoms with Crippen molar-refractivity contribution in [3.05, 3.63) is 59.7 Å². The van der Waals surface area contributed by atoms with Crippen molar-refractivity contribution < 1.29 is 9.59 Å². The van der Waals surface area contributed by atoms with Gasteiger partial charge in [-0.25, -0.2) is 0 Å². The van der Waals surface area contributed by atoms with Gasteiger partial charge in [-0.3, -0.25) is 9.59 Å². The van der Waals surface area contributed by atoms with Crippen LogP contribution in [-0.4, -0.2) is 11.6 Å². The van der Waals surface area contributed by atoms with E-state index in [4.69, 9.17) is 11.5 Å². The maximum atomic E-state index is 13.0. The normalized spacial score (nSPS) is 15.8. The second-order valence-electron chi connectivity index (χ2n) is 5.77. The number of carbonyl (C=O) groups excluding carboxylic acids is 2. The Balaban J connectivity index is 2.03. The van der Waals surface area contributed by atoms with Crippen molar-refractivity contribution in [2.24, 2.45) is 5.41 Å². The topological polar surface area (TPSA) is 86.2 Å². The molecule has 0 radical (unpaired) electrons. The lowest BCUT2D eigenvalue weighted by Gasteiger charge is -2.39. The zero-order chi connectivity index (χ0) is 15.7. The minimum atomic E-state index is -1.01. The van der Waals surface area contributed by atoms with Crippen LogP contribution in [-0.2, 0) is 0 Å². The molecule has 1 saturated carbocycles. The average Bonchev–Trinajstić information content (AvgIpc) is 2.46. The lowest BCUT2D eigenvalue weighted by molar-refractivity contribution is 0.0507. The quantitative estimate of drug-likeness (QED) is 0.515. The Morgan fingerprint density at radius 1 is 0.773 bits per heavy atom. The molecule has 0 aliphatic heterocycles. The first-order chi connectivity index (χ1) is 10.6. The summed E-state index contributed by atoms with van der Waals surface area (Å²) in [6.07, 6.45) is 1.96. The van der Waals surface area contributed by atoms with Crippen molar-refractivity contribution in [3.8, 4) is 0 Å². The third kappa shape index (κ3) is 2.08. The first-order valence-electron chi connectivity index (χ1n) is 7.35. The van der Waals surface area contributed by atoms with Crippen molar-refractivity contribution in [1.29, 1.82) is 0 Å². The van der Waals surface area contributed by atoms with Gasteiger partial charge in [0.15, 0.2) is 11.6 Å². The number of nitrogen functional groups attached to an aromatic ring is 2. The number of hydrogen-bond donors (Lipinski definition) is 2. The zero-order valence-corrected chi connectivity index (χ0v) is 12.2. The fourth-order valence-corrected chi connectivity index (χ4v) is 3.01. The minimum absolute atomic E-state index is 0.190. The monoisotopic (exact) mass is 294 g/mol. The summed E-state index contributed by atoms with van der Waals surface area (Å²) in [6.45, 7) is 0. The molecule has 112 valence electrons. The van der Waals surface area contributed by atoms with Crippen LogP contribution in [0.15, 0.2) is 48.5 Å². The Morgan fingerprint density at radius 3 is 1.50 bits per heavy atom. The largest absolute Gasteiger partial charge is 0.398 e. The molecule has 2 aromatic carbocycles. The number of benzene rings is 2. The Labute approximate surface area is 129 Å². The number of ketones is 2. The van der Waals surface area contributed by atoms with Gasteiger partial charge < -0.3 is 11.5 Å². The van der Waals surface area contributed by atoms with Gasteiger partial charge in [-0.2, -0.15) is 0 Å². The molecule has 0 unspecified atom stereocenters. The van der Waals surface area contributed by atoms with Crippen molar-refractivity contribution in [3.63, 3.8) is 0 Å². The molecule has 0 bridgehead atoms. The van der Waals surface area contributed by atoms with Crippen molar-refractivity contribution in [2.45, 2.75) is 19.3 Å². The van der Waals surface area contributed by atoms with Gasteiger partial charge in [0.25, 0.3) is 0 Å². The number of Topliss-reactive ketones (excluding diaryl/α,β-unsaturated/α-hetero) is 2. The molecule has 1 aliphatic rings. The summed E-state index contributed by atoms with van der Waals surface area (Å²) in [4.78, 5) is 25.9. The number of carbonyl (C=O) groups is 2. The summed E-state index contributed by atoms with van der Waals surface area (Å²) >= 11 is 0. The molecule has 4 nitrogen and oxygen atoms in total. The first kappa shape index (κ1) is 14.3. The molecule has 0 heterocycles. The number of para-hydroxylation sites is 2. The van der Waals surface area contributed by atoms with E-state index in [0.29, 0.717) is 35.3 Å².